The van der Waals surface area contributed by atoms with Crippen molar-refractivity contribution in [3.8, 4) is 11.1 Å². The lowest BCUT2D eigenvalue weighted by atomic mass is 9.99. The van der Waals surface area contributed by atoms with Gasteiger partial charge >= 0.3 is 5.97 Å². The smallest absolute Gasteiger partial charge is 0.320 e. The number of piperidine rings is 1. The van der Waals surface area contributed by atoms with E-state index in [2.05, 4.69) is 67.3 Å². The maximum Gasteiger partial charge on any atom is 0.320 e. The van der Waals surface area contributed by atoms with Crippen LogP contribution in [0.25, 0.3) is 11.1 Å². The molecule has 2 aromatic carbocycles. The molecule has 29 heavy (non-hydrogen) atoms. The normalized spacial score (nSPS) is 16.6. The quantitative estimate of drug-likeness (QED) is 0.627. The van der Waals surface area contributed by atoms with Crippen molar-refractivity contribution < 1.29 is 14.6 Å². The van der Waals surface area contributed by atoms with Crippen molar-refractivity contribution in [1.82, 2.24) is 4.90 Å². The van der Waals surface area contributed by atoms with Gasteiger partial charge in [0, 0.05) is 13.1 Å². The molecule has 2 aromatic rings. The molecule has 0 spiro atoms. The fourth-order valence-electron chi connectivity index (χ4n) is 4.08. The molecule has 0 saturated carbocycles. The maximum absolute atomic E-state index is 11.6. The van der Waals surface area contributed by atoms with E-state index in [0.717, 1.165) is 45.2 Å². The van der Waals surface area contributed by atoms with E-state index in [4.69, 9.17) is 4.74 Å². The van der Waals surface area contributed by atoms with E-state index in [0.29, 0.717) is 6.61 Å². The maximum atomic E-state index is 11.6. The van der Waals surface area contributed by atoms with E-state index < -0.39 is 5.97 Å². The van der Waals surface area contributed by atoms with Gasteiger partial charge in [-0.2, -0.15) is 0 Å². The molecular formula is C25H33NO3. The number of aliphatic carboxylic acids is 1. The number of carboxylic acid groups (broad SMARTS) is 1. The molecule has 4 heteroatoms. The summed E-state index contributed by atoms with van der Waals surface area (Å²) in [6.07, 6.45) is 4.71. The number of unbranched alkanes of at least 4 members (excludes halogenated alkanes) is 1. The molecule has 1 aliphatic heterocycles. The molecule has 1 fully saturated rings. The zero-order valence-electron chi connectivity index (χ0n) is 17.6. The van der Waals surface area contributed by atoms with E-state index in [-0.39, 0.29) is 12.1 Å². The van der Waals surface area contributed by atoms with Crippen LogP contribution in [-0.2, 0) is 16.1 Å². The second-order valence-corrected chi connectivity index (χ2v) is 8.07. The Labute approximate surface area is 174 Å². The van der Waals surface area contributed by atoms with E-state index in [1.165, 1.54) is 22.3 Å². The lowest BCUT2D eigenvalue weighted by Crippen LogP contribution is -2.47. The average Bonchev–Trinajstić information content (AvgIpc) is 2.74. The molecular weight excluding hydrogens is 362 g/mol. The van der Waals surface area contributed by atoms with Gasteiger partial charge in [-0.25, -0.2) is 0 Å². The van der Waals surface area contributed by atoms with Crippen LogP contribution in [0.5, 0.6) is 0 Å². The lowest BCUT2D eigenvalue weighted by molar-refractivity contribution is -0.145. The Bertz CT molecular complexity index is 779. The number of aryl methyl sites for hydroxylation is 1. The standard InChI is InChI=1S/C25H33NO3/c1-3-4-9-24(25(27)28)26-16-14-22(15-17-26)29-18-21-7-5-6-8-23(21)20-12-10-19(2)11-13-20/h5-8,10-13,22,24H,3-4,9,14-18H2,1-2H3,(H,27,28). The largest absolute Gasteiger partial charge is 0.480 e. The van der Waals surface area contributed by atoms with Gasteiger partial charge in [-0.1, -0.05) is 73.9 Å². The van der Waals surface area contributed by atoms with Crippen molar-refractivity contribution in [1.29, 1.82) is 0 Å². The summed E-state index contributed by atoms with van der Waals surface area (Å²) in [5.74, 6) is -0.690. The third-order valence-corrected chi connectivity index (χ3v) is 5.89. The van der Waals surface area contributed by atoms with Crippen LogP contribution < -0.4 is 0 Å². The van der Waals surface area contributed by atoms with Crippen LogP contribution in [0.15, 0.2) is 48.5 Å². The van der Waals surface area contributed by atoms with Gasteiger partial charge in [-0.3, -0.25) is 9.69 Å². The van der Waals surface area contributed by atoms with Crippen LogP contribution in [-0.4, -0.2) is 41.2 Å². The first kappa shape index (κ1) is 21.5. The second kappa shape index (κ2) is 10.6. The predicted molar refractivity (Wildman–Crippen MR) is 117 cm³/mol. The monoisotopic (exact) mass is 395 g/mol. The number of hydrogen-bond donors (Lipinski definition) is 1. The molecule has 0 amide bonds. The third kappa shape index (κ3) is 5.91. The minimum absolute atomic E-state index is 0.193. The Morgan fingerprint density at radius 1 is 1.14 bits per heavy atom. The first-order valence-corrected chi connectivity index (χ1v) is 10.8. The second-order valence-electron chi connectivity index (χ2n) is 8.07. The zero-order chi connectivity index (χ0) is 20.6. The van der Waals surface area contributed by atoms with Gasteiger partial charge in [0.25, 0.3) is 0 Å². The number of rotatable bonds is 9. The number of carbonyl (C=O) groups is 1. The summed E-state index contributed by atoms with van der Waals surface area (Å²) in [6.45, 7) is 6.39. The van der Waals surface area contributed by atoms with Crippen molar-refractivity contribution in [3.05, 3.63) is 59.7 Å². The Balaban J connectivity index is 1.56. The SMILES string of the molecule is CCCCC(C(=O)O)N1CCC(OCc2ccccc2-c2ccc(C)cc2)CC1. The van der Waals surface area contributed by atoms with Gasteiger partial charge < -0.3 is 9.84 Å². The Hall–Kier alpha value is -2.17. The van der Waals surface area contributed by atoms with Crippen molar-refractivity contribution >= 4 is 5.97 Å². The Morgan fingerprint density at radius 2 is 1.83 bits per heavy atom. The highest BCUT2D eigenvalue weighted by Gasteiger charge is 2.29. The highest BCUT2D eigenvalue weighted by molar-refractivity contribution is 5.73. The van der Waals surface area contributed by atoms with Gasteiger partial charge in [-0.15, -0.1) is 0 Å². The first-order valence-electron chi connectivity index (χ1n) is 10.8. The van der Waals surface area contributed by atoms with Crippen LogP contribution in [0.2, 0.25) is 0 Å². The lowest BCUT2D eigenvalue weighted by Gasteiger charge is -2.35. The molecule has 1 N–H and O–H groups in total. The van der Waals surface area contributed by atoms with Gasteiger partial charge in [0.2, 0.25) is 0 Å². The van der Waals surface area contributed by atoms with E-state index in [1.54, 1.807) is 0 Å². The number of ether oxygens (including phenoxy) is 1. The average molecular weight is 396 g/mol. The van der Waals surface area contributed by atoms with Gasteiger partial charge in [0.05, 0.1) is 12.7 Å². The summed E-state index contributed by atoms with van der Waals surface area (Å²) in [7, 11) is 0. The molecule has 1 aliphatic rings. The highest BCUT2D eigenvalue weighted by atomic mass is 16.5. The predicted octanol–water partition coefficient (Wildman–Crippen LogP) is 5.29. The minimum Gasteiger partial charge on any atom is -0.480 e. The molecule has 0 aliphatic carbocycles. The fourth-order valence-corrected chi connectivity index (χ4v) is 4.08. The van der Waals surface area contributed by atoms with Crippen molar-refractivity contribution in [2.24, 2.45) is 0 Å². The molecule has 0 bridgehead atoms. The molecule has 156 valence electrons. The molecule has 4 nitrogen and oxygen atoms in total. The number of nitrogens with zero attached hydrogens (tertiary/aromatic N) is 1. The number of hydrogen-bond acceptors (Lipinski definition) is 3. The summed E-state index contributed by atoms with van der Waals surface area (Å²) in [6, 6.07) is 16.7. The number of likely N-dealkylation sites (tertiary alicyclic amines) is 1. The van der Waals surface area contributed by atoms with E-state index >= 15 is 0 Å². The van der Waals surface area contributed by atoms with Gasteiger partial charge in [0.15, 0.2) is 0 Å². The molecule has 0 aromatic heterocycles. The molecule has 1 heterocycles. The first-order chi connectivity index (χ1) is 14.1. The zero-order valence-corrected chi connectivity index (χ0v) is 17.6. The topological polar surface area (TPSA) is 49.8 Å². The van der Waals surface area contributed by atoms with Crippen LogP contribution in [0.1, 0.15) is 50.2 Å². The fraction of sp³-hybridized carbons (Fsp3) is 0.480. The molecule has 0 radical (unpaired) electrons. The summed E-state index contributed by atoms with van der Waals surface area (Å²) in [5.41, 5.74) is 4.89. The molecule has 3 rings (SSSR count). The van der Waals surface area contributed by atoms with Gasteiger partial charge in [0.1, 0.15) is 6.04 Å². The molecule has 1 unspecified atom stereocenters. The molecule has 1 atom stereocenters. The number of benzene rings is 2. The van der Waals surface area contributed by atoms with Crippen LogP contribution in [0.4, 0.5) is 0 Å². The number of carboxylic acids is 1. The summed E-state index contributed by atoms with van der Waals surface area (Å²) >= 11 is 0. The van der Waals surface area contributed by atoms with Crippen molar-refractivity contribution in [3.63, 3.8) is 0 Å². The van der Waals surface area contributed by atoms with Gasteiger partial charge in [-0.05, 0) is 42.9 Å². The van der Waals surface area contributed by atoms with Crippen LogP contribution in [0.3, 0.4) is 0 Å². The van der Waals surface area contributed by atoms with E-state index in [1.807, 2.05) is 0 Å². The Morgan fingerprint density at radius 3 is 2.48 bits per heavy atom. The van der Waals surface area contributed by atoms with Crippen LogP contribution in [0, 0.1) is 6.92 Å². The Kier molecular flexibility index (Phi) is 7.84. The summed E-state index contributed by atoms with van der Waals surface area (Å²) in [5, 5.41) is 9.55. The highest BCUT2D eigenvalue weighted by Crippen LogP contribution is 2.26. The van der Waals surface area contributed by atoms with E-state index in [9.17, 15) is 9.90 Å². The van der Waals surface area contributed by atoms with Crippen molar-refractivity contribution in [2.75, 3.05) is 13.1 Å². The molecule has 1 saturated heterocycles. The van der Waals surface area contributed by atoms with Crippen molar-refractivity contribution in [2.45, 2.75) is 64.7 Å². The third-order valence-electron chi connectivity index (χ3n) is 5.89. The summed E-state index contributed by atoms with van der Waals surface area (Å²) in [4.78, 5) is 13.7. The minimum atomic E-state index is -0.690. The summed E-state index contributed by atoms with van der Waals surface area (Å²) < 4.78 is 6.25. The van der Waals surface area contributed by atoms with Crippen LogP contribution >= 0.6 is 0 Å².